The zero-order valence-electron chi connectivity index (χ0n) is 15.8. The molecule has 2 aliphatic heterocycles. The number of amides is 1. The van der Waals surface area contributed by atoms with Gasteiger partial charge in [-0.3, -0.25) is 9.78 Å². The van der Waals surface area contributed by atoms with E-state index >= 15 is 0 Å². The van der Waals surface area contributed by atoms with Gasteiger partial charge < -0.3 is 10.2 Å². The molecule has 0 bridgehead atoms. The van der Waals surface area contributed by atoms with Gasteiger partial charge in [-0.05, 0) is 60.0 Å². The standard InChI is InChI=1S/C24H21N3O/c1-27-12-10-18-19(16-7-3-2-4-8-16)14-20-21(13-17-9-5-6-11-25-17)24(28)26-23(20)22(18)15-27/h2-9,11,13-14H,10,12,15H2,1H3,(H,26,28)/b21-13+. The van der Waals surface area contributed by atoms with E-state index in [-0.39, 0.29) is 5.91 Å². The molecule has 1 N–H and O–H groups in total. The number of rotatable bonds is 2. The van der Waals surface area contributed by atoms with Crippen molar-refractivity contribution in [3.8, 4) is 11.1 Å². The maximum absolute atomic E-state index is 12.8. The predicted molar refractivity (Wildman–Crippen MR) is 113 cm³/mol. The highest BCUT2D eigenvalue weighted by Gasteiger charge is 2.31. The van der Waals surface area contributed by atoms with Crippen LogP contribution >= 0.6 is 0 Å². The van der Waals surface area contributed by atoms with Crippen LogP contribution in [0.1, 0.15) is 22.4 Å². The lowest BCUT2D eigenvalue weighted by molar-refractivity contribution is -0.110. The summed E-state index contributed by atoms with van der Waals surface area (Å²) in [6.45, 7) is 1.87. The molecule has 0 radical (unpaired) electrons. The number of carbonyl (C=O) groups is 1. The number of carbonyl (C=O) groups excluding carboxylic acids is 1. The van der Waals surface area contributed by atoms with Gasteiger partial charge >= 0.3 is 0 Å². The molecule has 0 saturated heterocycles. The molecule has 1 aromatic heterocycles. The molecular formula is C24H21N3O. The van der Waals surface area contributed by atoms with Crippen LogP contribution in [0.2, 0.25) is 0 Å². The van der Waals surface area contributed by atoms with Crippen molar-refractivity contribution in [1.29, 1.82) is 0 Å². The van der Waals surface area contributed by atoms with E-state index in [1.165, 1.54) is 22.3 Å². The number of nitrogens with zero attached hydrogens (tertiary/aromatic N) is 2. The number of pyridine rings is 1. The lowest BCUT2D eigenvalue weighted by Crippen LogP contribution is -2.27. The zero-order valence-corrected chi connectivity index (χ0v) is 15.8. The number of hydrogen-bond donors (Lipinski definition) is 1. The molecule has 3 aromatic rings. The Morgan fingerprint density at radius 1 is 1.04 bits per heavy atom. The topological polar surface area (TPSA) is 45.2 Å². The lowest BCUT2D eigenvalue weighted by atomic mass is 9.86. The number of aromatic nitrogens is 1. The van der Waals surface area contributed by atoms with Gasteiger partial charge in [0.1, 0.15) is 0 Å². The highest BCUT2D eigenvalue weighted by Crippen LogP contribution is 2.43. The van der Waals surface area contributed by atoms with Gasteiger partial charge in [-0.25, -0.2) is 0 Å². The van der Waals surface area contributed by atoms with Crippen LogP contribution in [0.15, 0.2) is 60.8 Å². The third kappa shape index (κ3) is 2.83. The quantitative estimate of drug-likeness (QED) is 0.690. The summed E-state index contributed by atoms with van der Waals surface area (Å²) in [5.41, 5.74) is 8.43. The maximum Gasteiger partial charge on any atom is 0.256 e. The molecule has 0 unspecified atom stereocenters. The molecule has 3 heterocycles. The molecule has 0 atom stereocenters. The minimum Gasteiger partial charge on any atom is -0.321 e. The van der Waals surface area contributed by atoms with Crippen molar-refractivity contribution in [2.75, 3.05) is 18.9 Å². The molecule has 4 heteroatoms. The second-order valence-electron chi connectivity index (χ2n) is 7.42. The highest BCUT2D eigenvalue weighted by molar-refractivity contribution is 6.35. The van der Waals surface area contributed by atoms with Crippen molar-refractivity contribution in [2.24, 2.45) is 0 Å². The van der Waals surface area contributed by atoms with Crippen molar-refractivity contribution in [1.82, 2.24) is 9.88 Å². The van der Waals surface area contributed by atoms with E-state index in [0.717, 1.165) is 36.5 Å². The fourth-order valence-corrected chi connectivity index (χ4v) is 4.18. The smallest absolute Gasteiger partial charge is 0.256 e. The van der Waals surface area contributed by atoms with Gasteiger partial charge in [0.05, 0.1) is 17.0 Å². The Bertz CT molecular complexity index is 1090. The van der Waals surface area contributed by atoms with Gasteiger partial charge in [0, 0.05) is 24.8 Å². The largest absolute Gasteiger partial charge is 0.321 e. The molecule has 0 aliphatic carbocycles. The van der Waals surface area contributed by atoms with Crippen molar-refractivity contribution in [3.05, 3.63) is 83.2 Å². The third-order valence-corrected chi connectivity index (χ3v) is 5.56. The first-order chi connectivity index (χ1) is 13.7. The summed E-state index contributed by atoms with van der Waals surface area (Å²) in [6, 6.07) is 18.4. The second-order valence-corrected chi connectivity index (χ2v) is 7.42. The maximum atomic E-state index is 12.8. The minimum atomic E-state index is -0.0544. The van der Waals surface area contributed by atoms with Crippen LogP contribution in [0.4, 0.5) is 5.69 Å². The molecular weight excluding hydrogens is 346 g/mol. The number of nitrogens with one attached hydrogen (secondary N) is 1. The molecule has 28 heavy (non-hydrogen) atoms. The normalized spacial score (nSPS) is 17.3. The molecule has 1 amide bonds. The average molecular weight is 367 g/mol. The molecule has 4 nitrogen and oxygen atoms in total. The van der Waals surface area contributed by atoms with Crippen molar-refractivity contribution in [3.63, 3.8) is 0 Å². The highest BCUT2D eigenvalue weighted by atomic mass is 16.2. The SMILES string of the molecule is CN1CCc2c(-c3ccccc3)cc3c(c2C1)NC(=O)/C3=C/c1ccccn1. The molecule has 0 fully saturated rings. The summed E-state index contributed by atoms with van der Waals surface area (Å²) >= 11 is 0. The summed E-state index contributed by atoms with van der Waals surface area (Å²) in [4.78, 5) is 19.5. The van der Waals surface area contributed by atoms with Crippen LogP contribution in [0.25, 0.3) is 22.8 Å². The van der Waals surface area contributed by atoms with E-state index in [4.69, 9.17) is 0 Å². The van der Waals surface area contributed by atoms with E-state index in [2.05, 4.69) is 52.6 Å². The Hall–Kier alpha value is -3.24. The van der Waals surface area contributed by atoms with E-state index in [9.17, 15) is 4.79 Å². The zero-order chi connectivity index (χ0) is 19.1. The average Bonchev–Trinajstić information content (AvgIpc) is 3.04. The van der Waals surface area contributed by atoms with E-state index < -0.39 is 0 Å². The van der Waals surface area contributed by atoms with Gasteiger partial charge in [0.2, 0.25) is 0 Å². The fourth-order valence-electron chi connectivity index (χ4n) is 4.18. The van der Waals surface area contributed by atoms with Crippen LogP contribution in [0.5, 0.6) is 0 Å². The summed E-state index contributed by atoms with van der Waals surface area (Å²) in [6.07, 6.45) is 4.62. The number of likely N-dealkylation sites (N-methyl/N-ethyl adjacent to an activating group) is 1. The minimum absolute atomic E-state index is 0.0544. The van der Waals surface area contributed by atoms with Gasteiger partial charge in [-0.15, -0.1) is 0 Å². The van der Waals surface area contributed by atoms with Crippen LogP contribution in [-0.4, -0.2) is 29.4 Å². The Morgan fingerprint density at radius 2 is 1.86 bits per heavy atom. The second kappa shape index (κ2) is 6.73. The van der Waals surface area contributed by atoms with Gasteiger partial charge in [0.15, 0.2) is 0 Å². The Balaban J connectivity index is 1.74. The van der Waals surface area contributed by atoms with Crippen LogP contribution in [0.3, 0.4) is 0 Å². The molecule has 5 rings (SSSR count). The molecule has 138 valence electrons. The third-order valence-electron chi connectivity index (χ3n) is 5.56. The molecule has 2 aromatic carbocycles. The van der Waals surface area contributed by atoms with E-state index in [1.54, 1.807) is 6.20 Å². The Morgan fingerprint density at radius 3 is 2.64 bits per heavy atom. The lowest BCUT2D eigenvalue weighted by Gasteiger charge is -2.29. The monoisotopic (exact) mass is 367 g/mol. The van der Waals surface area contributed by atoms with Crippen molar-refractivity contribution in [2.45, 2.75) is 13.0 Å². The fraction of sp³-hybridized carbons (Fsp3) is 0.167. The van der Waals surface area contributed by atoms with Gasteiger partial charge in [0.25, 0.3) is 5.91 Å². The van der Waals surface area contributed by atoms with Gasteiger partial charge in [-0.1, -0.05) is 36.4 Å². The van der Waals surface area contributed by atoms with E-state index in [0.29, 0.717) is 5.57 Å². The Labute approximate surface area is 164 Å². The number of hydrogen-bond acceptors (Lipinski definition) is 3. The number of benzene rings is 2. The van der Waals surface area contributed by atoms with Crippen LogP contribution < -0.4 is 5.32 Å². The van der Waals surface area contributed by atoms with Crippen LogP contribution in [0, 0.1) is 0 Å². The molecule has 0 saturated carbocycles. The van der Waals surface area contributed by atoms with E-state index in [1.807, 2.05) is 30.3 Å². The predicted octanol–water partition coefficient (Wildman–Crippen LogP) is 4.23. The van der Waals surface area contributed by atoms with Gasteiger partial charge in [-0.2, -0.15) is 0 Å². The van der Waals surface area contributed by atoms with Crippen molar-refractivity contribution >= 4 is 23.2 Å². The molecule has 0 spiro atoms. The first kappa shape index (κ1) is 16.9. The summed E-state index contributed by atoms with van der Waals surface area (Å²) in [5.74, 6) is -0.0544. The van der Waals surface area contributed by atoms with Crippen molar-refractivity contribution < 1.29 is 4.79 Å². The number of anilines is 1. The Kier molecular flexibility index (Phi) is 4.06. The summed E-state index contributed by atoms with van der Waals surface area (Å²) in [7, 11) is 2.13. The molecule has 2 aliphatic rings. The first-order valence-electron chi connectivity index (χ1n) is 9.58. The number of fused-ring (bicyclic) bond motifs is 3. The summed E-state index contributed by atoms with van der Waals surface area (Å²) in [5, 5.41) is 3.13. The van der Waals surface area contributed by atoms with Crippen LogP contribution in [-0.2, 0) is 17.8 Å². The first-order valence-corrected chi connectivity index (χ1v) is 9.58. The summed E-state index contributed by atoms with van der Waals surface area (Å²) < 4.78 is 0.